The van der Waals surface area contributed by atoms with Crippen LogP contribution in [0.25, 0.3) is 11.1 Å². The van der Waals surface area contributed by atoms with Crippen molar-refractivity contribution >= 4 is 17.6 Å². The van der Waals surface area contributed by atoms with Crippen LogP contribution in [0.4, 0.5) is 17.6 Å². The average Bonchev–Trinajstić information content (AvgIpc) is 2.90. The van der Waals surface area contributed by atoms with Crippen molar-refractivity contribution in [2.24, 2.45) is 0 Å². The maximum Gasteiger partial charge on any atom is 0.431 e. The first-order valence-electron chi connectivity index (χ1n) is 8.46. The number of benzene rings is 1. The summed E-state index contributed by atoms with van der Waals surface area (Å²) in [5, 5.41) is 9.77. The van der Waals surface area contributed by atoms with E-state index >= 15 is 0 Å². The van der Waals surface area contributed by atoms with Gasteiger partial charge in [-0.1, -0.05) is 42.5 Å². The van der Waals surface area contributed by atoms with E-state index in [1.807, 2.05) is 0 Å². The summed E-state index contributed by atoms with van der Waals surface area (Å²) in [4.78, 5) is 12.0. The highest BCUT2D eigenvalue weighted by atomic mass is 35.5. The molecule has 0 aliphatic carbocycles. The Labute approximate surface area is 170 Å². The summed E-state index contributed by atoms with van der Waals surface area (Å²) in [7, 11) is 0. The molecule has 0 radical (unpaired) electrons. The fourth-order valence-electron chi connectivity index (χ4n) is 3.13. The van der Waals surface area contributed by atoms with Crippen LogP contribution in [0, 0.1) is 12.7 Å². The lowest BCUT2D eigenvalue weighted by molar-refractivity contribution is -0.143. The van der Waals surface area contributed by atoms with Crippen LogP contribution in [-0.4, -0.2) is 15.6 Å². The third kappa shape index (κ3) is 4.62. The fraction of sp³-hybridized carbons (Fsp3) is 0.190. The molecule has 0 spiro atoms. The molecule has 0 unspecified atom stereocenters. The van der Waals surface area contributed by atoms with Crippen molar-refractivity contribution in [3.05, 3.63) is 82.4 Å². The normalized spacial score (nSPS) is 12.6. The lowest BCUT2D eigenvalue weighted by Crippen LogP contribution is -2.19. The molecular weight excluding hydrogens is 410 g/mol. The van der Waals surface area contributed by atoms with Gasteiger partial charge in [-0.3, -0.25) is 0 Å². The van der Waals surface area contributed by atoms with Gasteiger partial charge in [0, 0.05) is 22.7 Å². The summed E-state index contributed by atoms with van der Waals surface area (Å²) in [5.74, 6) is -2.51. The number of aromatic carboxylic acids is 1. The predicted octanol–water partition coefficient (Wildman–Crippen LogP) is 6.66. The zero-order valence-corrected chi connectivity index (χ0v) is 16.4. The molecule has 2 rings (SSSR count). The zero-order chi connectivity index (χ0) is 21.9. The number of halogens is 5. The van der Waals surface area contributed by atoms with Crippen LogP contribution >= 0.6 is 11.6 Å². The van der Waals surface area contributed by atoms with Gasteiger partial charge >= 0.3 is 12.1 Å². The zero-order valence-electron chi connectivity index (χ0n) is 15.6. The molecule has 0 fully saturated rings. The van der Waals surface area contributed by atoms with E-state index in [-0.39, 0.29) is 28.3 Å². The molecule has 0 saturated carbocycles. The first-order chi connectivity index (χ1) is 13.5. The highest BCUT2D eigenvalue weighted by Gasteiger charge is 2.41. The number of carboxylic acids is 1. The van der Waals surface area contributed by atoms with Gasteiger partial charge in [-0.2, -0.15) is 13.2 Å². The van der Waals surface area contributed by atoms with E-state index in [1.165, 1.54) is 30.4 Å². The van der Waals surface area contributed by atoms with E-state index < -0.39 is 29.4 Å². The van der Waals surface area contributed by atoms with E-state index in [0.717, 1.165) is 13.0 Å². The standard InChI is InChI=1S/C21H18ClF4NO2/c1-4-6-7-13(5-2)11-27-18(20(28)29)17(12(3)19(27)21(24,25)26)15-9-8-14(22)10-16(15)23/h4-10H,1,11H2,2-3H3,(H,28,29). The van der Waals surface area contributed by atoms with E-state index in [9.17, 15) is 27.5 Å². The number of hydrogen-bond donors (Lipinski definition) is 1. The smallest absolute Gasteiger partial charge is 0.431 e. The number of carbonyl (C=O) groups is 1. The molecule has 0 saturated heterocycles. The van der Waals surface area contributed by atoms with Gasteiger partial charge in [0.05, 0.1) is 0 Å². The Balaban J connectivity index is 2.90. The number of carboxylic acid groups (broad SMARTS) is 1. The minimum atomic E-state index is -4.85. The maximum atomic E-state index is 14.5. The molecule has 1 heterocycles. The molecule has 1 aromatic heterocycles. The summed E-state index contributed by atoms with van der Waals surface area (Å²) in [6.07, 6.45) is 1.21. The molecule has 29 heavy (non-hydrogen) atoms. The molecule has 0 aliphatic rings. The van der Waals surface area contributed by atoms with Crippen LogP contribution in [0.2, 0.25) is 5.02 Å². The monoisotopic (exact) mass is 427 g/mol. The second-order valence-electron chi connectivity index (χ2n) is 6.17. The quantitative estimate of drug-likeness (QED) is 0.413. The highest BCUT2D eigenvalue weighted by Crippen LogP contribution is 2.42. The minimum Gasteiger partial charge on any atom is -0.477 e. The van der Waals surface area contributed by atoms with Crippen LogP contribution in [-0.2, 0) is 12.7 Å². The third-order valence-electron chi connectivity index (χ3n) is 4.34. The van der Waals surface area contributed by atoms with E-state index in [0.29, 0.717) is 10.1 Å². The number of hydrogen-bond acceptors (Lipinski definition) is 1. The Morgan fingerprint density at radius 2 is 2.00 bits per heavy atom. The largest absolute Gasteiger partial charge is 0.477 e. The second-order valence-corrected chi connectivity index (χ2v) is 6.61. The van der Waals surface area contributed by atoms with Crippen LogP contribution < -0.4 is 0 Å². The first-order valence-corrected chi connectivity index (χ1v) is 8.84. The lowest BCUT2D eigenvalue weighted by Gasteiger charge is -2.15. The van der Waals surface area contributed by atoms with Crippen molar-refractivity contribution in [2.75, 3.05) is 0 Å². The van der Waals surface area contributed by atoms with E-state index in [2.05, 4.69) is 6.58 Å². The van der Waals surface area contributed by atoms with Gasteiger partial charge < -0.3 is 9.67 Å². The molecule has 154 valence electrons. The van der Waals surface area contributed by atoms with Gasteiger partial charge in [-0.15, -0.1) is 0 Å². The Hall–Kier alpha value is -2.80. The number of alkyl halides is 3. The van der Waals surface area contributed by atoms with Crippen molar-refractivity contribution in [3.8, 4) is 11.1 Å². The molecule has 3 nitrogen and oxygen atoms in total. The van der Waals surface area contributed by atoms with Crippen LogP contribution in [0.1, 0.15) is 28.7 Å². The number of rotatable bonds is 6. The maximum absolute atomic E-state index is 14.5. The highest BCUT2D eigenvalue weighted by molar-refractivity contribution is 6.30. The summed E-state index contributed by atoms with van der Waals surface area (Å²) in [6.45, 7) is 5.88. The second kappa shape index (κ2) is 8.69. The molecule has 8 heteroatoms. The van der Waals surface area contributed by atoms with Gasteiger partial charge in [-0.05, 0) is 43.2 Å². The Morgan fingerprint density at radius 3 is 2.48 bits per heavy atom. The minimum absolute atomic E-state index is 0.0435. The molecule has 0 atom stereocenters. The SMILES string of the molecule is C=CC=CC(=CC)Cn1c(C(=O)O)c(-c2ccc(Cl)cc2F)c(C)c1C(F)(F)F. The first kappa shape index (κ1) is 22.5. The van der Waals surface area contributed by atoms with Gasteiger partial charge in [-0.25, -0.2) is 9.18 Å². The van der Waals surface area contributed by atoms with Crippen LogP contribution in [0.15, 0.2) is 54.7 Å². The van der Waals surface area contributed by atoms with Gasteiger partial charge in [0.15, 0.2) is 0 Å². The summed E-state index contributed by atoms with van der Waals surface area (Å²) in [6, 6.07) is 3.39. The van der Waals surface area contributed by atoms with Gasteiger partial charge in [0.2, 0.25) is 0 Å². The molecule has 1 N–H and O–H groups in total. The average molecular weight is 428 g/mol. The molecule has 2 aromatic rings. The van der Waals surface area contributed by atoms with Crippen molar-refractivity contribution in [1.82, 2.24) is 4.57 Å². The summed E-state index contributed by atoms with van der Waals surface area (Å²) < 4.78 is 56.8. The van der Waals surface area contributed by atoms with Crippen LogP contribution in [0.3, 0.4) is 0 Å². The Morgan fingerprint density at radius 1 is 1.34 bits per heavy atom. The summed E-state index contributed by atoms with van der Waals surface area (Å²) in [5.41, 5.74) is -2.34. The molecule has 0 aliphatic heterocycles. The fourth-order valence-corrected chi connectivity index (χ4v) is 3.29. The van der Waals surface area contributed by atoms with Crippen LogP contribution in [0.5, 0.6) is 0 Å². The summed E-state index contributed by atoms with van der Waals surface area (Å²) >= 11 is 5.73. The van der Waals surface area contributed by atoms with Gasteiger partial charge in [0.25, 0.3) is 0 Å². The van der Waals surface area contributed by atoms with E-state index in [4.69, 9.17) is 11.6 Å². The lowest BCUT2D eigenvalue weighted by atomic mass is 10.00. The Bertz CT molecular complexity index is 1020. The molecule has 1 aromatic carbocycles. The number of nitrogens with zero attached hydrogens (tertiary/aromatic N) is 1. The van der Waals surface area contributed by atoms with E-state index in [1.54, 1.807) is 13.0 Å². The number of aromatic nitrogens is 1. The van der Waals surface area contributed by atoms with Crippen molar-refractivity contribution in [1.29, 1.82) is 0 Å². The molecule has 0 amide bonds. The van der Waals surface area contributed by atoms with Crippen molar-refractivity contribution in [2.45, 2.75) is 26.6 Å². The van der Waals surface area contributed by atoms with Gasteiger partial charge in [0.1, 0.15) is 17.2 Å². The third-order valence-corrected chi connectivity index (χ3v) is 4.57. The predicted molar refractivity (Wildman–Crippen MR) is 105 cm³/mol. The Kier molecular flexibility index (Phi) is 6.74. The number of allylic oxidation sites excluding steroid dienone is 5. The molecular formula is C21H18ClF4NO2. The molecule has 0 bridgehead atoms. The van der Waals surface area contributed by atoms with Crippen molar-refractivity contribution < 1.29 is 27.5 Å². The van der Waals surface area contributed by atoms with Crippen molar-refractivity contribution in [3.63, 3.8) is 0 Å². The topological polar surface area (TPSA) is 42.2 Å².